The summed E-state index contributed by atoms with van der Waals surface area (Å²) in [7, 11) is 1.66. The molecule has 150 valence electrons. The van der Waals surface area contributed by atoms with E-state index in [0.29, 0.717) is 12.3 Å². The fourth-order valence-corrected chi connectivity index (χ4v) is 4.15. The summed E-state index contributed by atoms with van der Waals surface area (Å²) in [4.78, 5) is 13.0. The van der Waals surface area contributed by atoms with Crippen molar-refractivity contribution in [2.24, 2.45) is 0 Å². The van der Waals surface area contributed by atoms with E-state index in [4.69, 9.17) is 9.84 Å². The van der Waals surface area contributed by atoms with E-state index in [2.05, 4.69) is 52.0 Å². The Bertz CT molecular complexity index is 1060. The van der Waals surface area contributed by atoms with Gasteiger partial charge in [0.15, 0.2) is 5.78 Å². The number of hydrogen-bond acceptors (Lipinski definition) is 3. The minimum absolute atomic E-state index is 0.127. The molecule has 0 atom stereocenters. The van der Waals surface area contributed by atoms with Crippen molar-refractivity contribution in [1.29, 1.82) is 0 Å². The average Bonchev–Trinajstić information content (AvgIpc) is 3.14. The maximum absolute atomic E-state index is 13.0. The molecule has 3 aromatic rings. The second-order valence-electron chi connectivity index (χ2n) is 8.77. The molecule has 0 fully saturated rings. The van der Waals surface area contributed by atoms with Crippen LogP contribution in [0.25, 0.3) is 16.9 Å². The van der Waals surface area contributed by atoms with Crippen LogP contribution in [-0.4, -0.2) is 22.7 Å². The smallest absolute Gasteiger partial charge is 0.181 e. The molecule has 0 unspecified atom stereocenters. The van der Waals surface area contributed by atoms with Crippen LogP contribution in [0.15, 0.2) is 48.5 Å². The summed E-state index contributed by atoms with van der Waals surface area (Å²) < 4.78 is 7.26. The molecule has 1 heterocycles. The summed E-state index contributed by atoms with van der Waals surface area (Å²) in [6, 6.07) is 16.3. The van der Waals surface area contributed by atoms with Crippen LogP contribution < -0.4 is 4.74 Å². The average molecular weight is 389 g/mol. The van der Waals surface area contributed by atoms with Gasteiger partial charge in [0.2, 0.25) is 0 Å². The van der Waals surface area contributed by atoms with Crippen molar-refractivity contribution < 1.29 is 9.53 Å². The lowest BCUT2D eigenvalue weighted by Crippen LogP contribution is -2.28. The summed E-state index contributed by atoms with van der Waals surface area (Å²) in [6.07, 6.45) is 1.38. The maximum Gasteiger partial charge on any atom is 0.181 e. The molecular weight excluding hydrogens is 360 g/mol. The van der Waals surface area contributed by atoms with Crippen molar-refractivity contribution in [1.82, 2.24) is 9.78 Å². The standard InChI is InChI=1S/C25H28N2O2/c1-16(2)17-9-11-19(12-10-17)27-24-21(28)13-14-25(3,4)22(24)23(26-27)18-7-6-8-20(15-18)29-5/h6-12,15-16H,13-14H2,1-5H3. The topological polar surface area (TPSA) is 44.1 Å². The molecule has 1 aliphatic rings. The number of carbonyl (C=O) groups excluding carboxylic acids is 1. The molecule has 1 aliphatic carbocycles. The van der Waals surface area contributed by atoms with Crippen molar-refractivity contribution >= 4 is 5.78 Å². The highest BCUT2D eigenvalue weighted by molar-refractivity contribution is 6.00. The fourth-order valence-electron chi connectivity index (χ4n) is 4.15. The molecule has 0 saturated carbocycles. The molecule has 0 radical (unpaired) electrons. The van der Waals surface area contributed by atoms with Crippen molar-refractivity contribution in [3.63, 3.8) is 0 Å². The summed E-state index contributed by atoms with van der Waals surface area (Å²) in [6.45, 7) is 8.76. The third-order valence-corrected chi connectivity index (χ3v) is 5.95. The zero-order chi connectivity index (χ0) is 20.8. The number of hydrogen-bond donors (Lipinski definition) is 0. The third kappa shape index (κ3) is 3.37. The quantitative estimate of drug-likeness (QED) is 0.557. The molecule has 0 saturated heterocycles. The minimum Gasteiger partial charge on any atom is -0.497 e. The largest absolute Gasteiger partial charge is 0.497 e. The van der Waals surface area contributed by atoms with E-state index in [0.717, 1.165) is 40.4 Å². The zero-order valence-electron chi connectivity index (χ0n) is 17.8. The number of rotatable bonds is 4. The minimum atomic E-state index is -0.127. The summed E-state index contributed by atoms with van der Waals surface area (Å²) >= 11 is 0. The molecular formula is C25H28N2O2. The van der Waals surface area contributed by atoms with Gasteiger partial charge in [0.1, 0.15) is 11.4 Å². The van der Waals surface area contributed by atoms with Crippen LogP contribution in [0.1, 0.15) is 68.1 Å². The molecule has 1 aromatic heterocycles. The lowest BCUT2D eigenvalue weighted by atomic mass is 9.73. The van der Waals surface area contributed by atoms with E-state index in [9.17, 15) is 4.79 Å². The number of Topliss-reactive ketones (excluding diaryl/α,β-unsaturated/α-hetero) is 1. The van der Waals surface area contributed by atoms with E-state index in [1.165, 1.54) is 5.56 Å². The van der Waals surface area contributed by atoms with Crippen LogP contribution in [0, 0.1) is 0 Å². The van der Waals surface area contributed by atoms with Gasteiger partial charge in [-0.15, -0.1) is 0 Å². The number of benzene rings is 2. The number of fused-ring (bicyclic) bond motifs is 1. The molecule has 4 rings (SSSR count). The van der Waals surface area contributed by atoms with Crippen LogP contribution in [-0.2, 0) is 5.41 Å². The Morgan fingerprint density at radius 1 is 1.10 bits per heavy atom. The third-order valence-electron chi connectivity index (χ3n) is 5.95. The van der Waals surface area contributed by atoms with E-state index in [-0.39, 0.29) is 11.2 Å². The van der Waals surface area contributed by atoms with Crippen molar-refractivity contribution in [2.45, 2.75) is 51.9 Å². The normalized spacial score (nSPS) is 15.4. The van der Waals surface area contributed by atoms with Crippen LogP contribution in [0.4, 0.5) is 0 Å². The Morgan fingerprint density at radius 2 is 1.83 bits per heavy atom. The Morgan fingerprint density at radius 3 is 2.48 bits per heavy atom. The van der Waals surface area contributed by atoms with Crippen LogP contribution in [0.5, 0.6) is 5.75 Å². The fraction of sp³-hybridized carbons (Fsp3) is 0.360. The highest BCUT2D eigenvalue weighted by Crippen LogP contribution is 2.43. The van der Waals surface area contributed by atoms with Crippen molar-refractivity contribution in [2.75, 3.05) is 7.11 Å². The molecule has 0 amide bonds. The van der Waals surface area contributed by atoms with Gasteiger partial charge >= 0.3 is 0 Å². The summed E-state index contributed by atoms with van der Waals surface area (Å²) in [5, 5.41) is 4.97. The number of ether oxygens (including phenoxy) is 1. The molecule has 0 bridgehead atoms. The Hall–Kier alpha value is -2.88. The lowest BCUT2D eigenvalue weighted by Gasteiger charge is -2.30. The highest BCUT2D eigenvalue weighted by atomic mass is 16.5. The number of ketones is 1. The molecule has 0 aliphatic heterocycles. The van der Waals surface area contributed by atoms with Gasteiger partial charge in [0.25, 0.3) is 0 Å². The SMILES string of the molecule is COc1cccc(-c2nn(-c3ccc(C(C)C)cc3)c3c2C(C)(C)CCC3=O)c1. The monoisotopic (exact) mass is 388 g/mol. The van der Waals surface area contributed by atoms with Crippen LogP contribution in [0.2, 0.25) is 0 Å². The Balaban J connectivity index is 1.95. The Kier molecular flexibility index (Phi) is 4.81. The first-order valence-corrected chi connectivity index (χ1v) is 10.2. The van der Waals surface area contributed by atoms with Gasteiger partial charge in [-0.1, -0.05) is 52.0 Å². The number of nitrogens with zero attached hydrogens (tertiary/aromatic N) is 2. The number of carbonyl (C=O) groups is 1. The number of aromatic nitrogens is 2. The first-order chi connectivity index (χ1) is 13.8. The second-order valence-corrected chi connectivity index (χ2v) is 8.77. The zero-order valence-corrected chi connectivity index (χ0v) is 17.8. The van der Waals surface area contributed by atoms with E-state index >= 15 is 0 Å². The second kappa shape index (κ2) is 7.18. The molecule has 0 spiro atoms. The summed E-state index contributed by atoms with van der Waals surface area (Å²) in [5.41, 5.74) is 5.66. The van der Waals surface area contributed by atoms with Gasteiger partial charge in [0.05, 0.1) is 18.5 Å². The molecule has 4 nitrogen and oxygen atoms in total. The van der Waals surface area contributed by atoms with Gasteiger partial charge in [-0.25, -0.2) is 4.68 Å². The predicted octanol–water partition coefficient (Wildman–Crippen LogP) is 5.93. The van der Waals surface area contributed by atoms with Crippen molar-refractivity contribution in [3.8, 4) is 22.7 Å². The van der Waals surface area contributed by atoms with Crippen LogP contribution in [0.3, 0.4) is 0 Å². The maximum atomic E-state index is 13.0. The first-order valence-electron chi connectivity index (χ1n) is 10.2. The Labute approximate surface area is 172 Å². The molecule has 0 N–H and O–H groups in total. The highest BCUT2D eigenvalue weighted by Gasteiger charge is 2.39. The van der Waals surface area contributed by atoms with Crippen molar-refractivity contribution in [3.05, 3.63) is 65.4 Å². The first kappa shape index (κ1) is 19.4. The van der Waals surface area contributed by atoms with E-state index in [1.54, 1.807) is 7.11 Å². The molecule has 4 heteroatoms. The van der Waals surface area contributed by atoms with Gasteiger partial charge in [-0.05, 0) is 47.6 Å². The summed E-state index contributed by atoms with van der Waals surface area (Å²) in [5.74, 6) is 1.41. The lowest BCUT2D eigenvalue weighted by molar-refractivity contribution is 0.0949. The van der Waals surface area contributed by atoms with Crippen LogP contribution >= 0.6 is 0 Å². The van der Waals surface area contributed by atoms with E-state index < -0.39 is 0 Å². The van der Waals surface area contributed by atoms with Gasteiger partial charge < -0.3 is 4.74 Å². The predicted molar refractivity (Wildman–Crippen MR) is 116 cm³/mol. The van der Waals surface area contributed by atoms with Gasteiger partial charge in [-0.2, -0.15) is 5.10 Å². The van der Waals surface area contributed by atoms with E-state index in [1.807, 2.05) is 28.9 Å². The number of methoxy groups -OCH3 is 1. The van der Waals surface area contributed by atoms with Gasteiger partial charge in [-0.3, -0.25) is 4.79 Å². The molecule has 29 heavy (non-hydrogen) atoms. The molecule has 2 aromatic carbocycles. The van der Waals surface area contributed by atoms with Gasteiger partial charge in [0, 0.05) is 17.5 Å².